The summed E-state index contributed by atoms with van der Waals surface area (Å²) in [6, 6.07) is 6.71. The molecule has 102 valence electrons. The van der Waals surface area contributed by atoms with Gasteiger partial charge in [0, 0.05) is 5.39 Å². The molecule has 0 unspecified atom stereocenters. The van der Waals surface area contributed by atoms with Crippen molar-refractivity contribution in [1.29, 1.82) is 0 Å². The second-order valence-corrected chi connectivity index (χ2v) is 3.59. The highest BCUT2D eigenvalue weighted by atomic mass is 35.5. The van der Waals surface area contributed by atoms with E-state index < -0.39 is 5.97 Å². The number of guanidine groups is 1. The largest absolute Gasteiger partial charge is 0.460 e. The van der Waals surface area contributed by atoms with E-state index in [-0.39, 0.29) is 24.1 Å². The van der Waals surface area contributed by atoms with Gasteiger partial charge in [0.15, 0.2) is 5.96 Å². The minimum Gasteiger partial charge on any atom is -0.460 e. The van der Waals surface area contributed by atoms with Crippen LogP contribution in [-0.4, -0.2) is 18.5 Å². The third-order valence-electron chi connectivity index (χ3n) is 2.23. The van der Waals surface area contributed by atoms with Crippen molar-refractivity contribution in [3.8, 4) is 0 Å². The van der Waals surface area contributed by atoms with E-state index in [2.05, 4.69) is 4.99 Å². The summed E-state index contributed by atoms with van der Waals surface area (Å²) in [7, 11) is 0. The van der Waals surface area contributed by atoms with Crippen molar-refractivity contribution in [3.63, 3.8) is 0 Å². The van der Waals surface area contributed by atoms with Crippen molar-refractivity contribution in [3.05, 3.63) is 30.0 Å². The van der Waals surface area contributed by atoms with Crippen LogP contribution in [0.25, 0.3) is 11.0 Å². The fraction of sp³-hybridized carbons (Fsp3) is 0.167. The molecule has 0 bridgehead atoms. The number of rotatable bonds is 3. The maximum Gasteiger partial charge on any atom is 0.374 e. The van der Waals surface area contributed by atoms with E-state index in [1.807, 2.05) is 0 Å². The van der Waals surface area contributed by atoms with Gasteiger partial charge in [-0.2, -0.15) is 0 Å². The molecule has 0 radical (unpaired) electrons. The number of fused-ring (bicyclic) bond motifs is 1. The lowest BCUT2D eigenvalue weighted by atomic mass is 10.2. The van der Waals surface area contributed by atoms with E-state index >= 15 is 0 Å². The van der Waals surface area contributed by atoms with Crippen molar-refractivity contribution in [2.24, 2.45) is 16.5 Å². The van der Waals surface area contributed by atoms with Crippen LogP contribution in [0.4, 0.5) is 5.69 Å². The van der Waals surface area contributed by atoms with Gasteiger partial charge >= 0.3 is 5.97 Å². The highest BCUT2D eigenvalue weighted by Crippen LogP contribution is 2.24. The molecule has 7 heteroatoms. The summed E-state index contributed by atoms with van der Waals surface area (Å²) < 4.78 is 10.2. The summed E-state index contributed by atoms with van der Waals surface area (Å²) >= 11 is 0. The number of nitrogens with two attached hydrogens (primary N) is 2. The third-order valence-corrected chi connectivity index (χ3v) is 2.23. The summed E-state index contributed by atoms with van der Waals surface area (Å²) in [5.41, 5.74) is 11.8. The van der Waals surface area contributed by atoms with Gasteiger partial charge in [0.05, 0.1) is 12.3 Å². The fourth-order valence-corrected chi connectivity index (χ4v) is 1.55. The van der Waals surface area contributed by atoms with Gasteiger partial charge in [-0.15, -0.1) is 12.4 Å². The molecule has 2 rings (SSSR count). The lowest BCUT2D eigenvalue weighted by Crippen LogP contribution is -2.21. The molecule has 0 aliphatic rings. The van der Waals surface area contributed by atoms with Crippen molar-refractivity contribution in [1.82, 2.24) is 0 Å². The maximum atomic E-state index is 11.5. The molecule has 0 atom stereocenters. The first-order chi connectivity index (χ1) is 8.60. The molecular weight excluding hydrogens is 270 g/mol. The number of halogens is 1. The average molecular weight is 284 g/mol. The van der Waals surface area contributed by atoms with Gasteiger partial charge in [0.2, 0.25) is 5.76 Å². The van der Waals surface area contributed by atoms with Gasteiger partial charge in [0.1, 0.15) is 5.58 Å². The zero-order valence-electron chi connectivity index (χ0n) is 10.3. The number of benzene rings is 1. The number of nitrogens with zero attached hydrogens (tertiary/aromatic N) is 1. The Morgan fingerprint density at radius 1 is 1.37 bits per heavy atom. The molecule has 19 heavy (non-hydrogen) atoms. The molecular formula is C12H14ClN3O3. The van der Waals surface area contributed by atoms with Crippen LogP contribution in [0.5, 0.6) is 0 Å². The second-order valence-electron chi connectivity index (χ2n) is 3.59. The average Bonchev–Trinajstić information content (AvgIpc) is 2.71. The van der Waals surface area contributed by atoms with E-state index in [0.29, 0.717) is 17.9 Å². The Kier molecular flexibility index (Phi) is 4.77. The normalized spacial score (nSPS) is 9.74. The van der Waals surface area contributed by atoms with Gasteiger partial charge in [-0.1, -0.05) is 0 Å². The molecule has 0 fully saturated rings. The molecule has 1 aromatic heterocycles. The highest BCUT2D eigenvalue weighted by Gasteiger charge is 2.13. The first kappa shape index (κ1) is 14.8. The number of esters is 1. The Labute approximate surface area is 115 Å². The lowest BCUT2D eigenvalue weighted by molar-refractivity contribution is 0.0492. The van der Waals surface area contributed by atoms with E-state index in [1.165, 1.54) is 0 Å². The van der Waals surface area contributed by atoms with Crippen molar-refractivity contribution in [2.45, 2.75) is 6.92 Å². The molecule has 2 aromatic rings. The Morgan fingerprint density at radius 2 is 2.11 bits per heavy atom. The van der Waals surface area contributed by atoms with Gasteiger partial charge in [-0.25, -0.2) is 9.79 Å². The Bertz CT molecular complexity index is 618. The predicted molar refractivity (Wildman–Crippen MR) is 74.9 cm³/mol. The molecule has 0 aliphatic heterocycles. The first-order valence-corrected chi connectivity index (χ1v) is 5.40. The number of ether oxygens (including phenoxy) is 1. The number of hydrogen-bond donors (Lipinski definition) is 2. The van der Waals surface area contributed by atoms with Crippen molar-refractivity contribution >= 4 is 41.0 Å². The summed E-state index contributed by atoms with van der Waals surface area (Å²) in [6.45, 7) is 2.03. The standard InChI is InChI=1S/C12H13N3O3.ClH/c1-2-17-11(16)10-6-7-5-8(15-12(13)14)3-4-9(7)18-10;/h3-6H,2H2,1H3,(H4,13,14,15);1H. The SMILES string of the molecule is CCOC(=O)c1cc2cc(N=C(N)N)ccc2o1.Cl. The molecule has 0 amide bonds. The Hall–Kier alpha value is -2.21. The van der Waals surface area contributed by atoms with Crippen LogP contribution in [0.15, 0.2) is 33.7 Å². The molecule has 0 saturated carbocycles. The van der Waals surface area contributed by atoms with Crippen LogP contribution in [0.1, 0.15) is 17.5 Å². The zero-order valence-corrected chi connectivity index (χ0v) is 11.1. The van der Waals surface area contributed by atoms with Crippen LogP contribution in [0.2, 0.25) is 0 Å². The number of furan rings is 1. The molecule has 0 aliphatic carbocycles. The van der Waals surface area contributed by atoms with Crippen molar-refractivity contribution in [2.75, 3.05) is 6.61 Å². The van der Waals surface area contributed by atoms with Crippen LogP contribution < -0.4 is 11.5 Å². The number of hydrogen-bond acceptors (Lipinski definition) is 4. The lowest BCUT2D eigenvalue weighted by Gasteiger charge is -1.95. The van der Waals surface area contributed by atoms with Crippen LogP contribution in [-0.2, 0) is 4.74 Å². The van der Waals surface area contributed by atoms with Crippen LogP contribution in [0.3, 0.4) is 0 Å². The van der Waals surface area contributed by atoms with Crippen LogP contribution in [0, 0.1) is 0 Å². The van der Waals surface area contributed by atoms with E-state index in [4.69, 9.17) is 20.6 Å². The molecule has 0 spiro atoms. The molecule has 4 N–H and O–H groups in total. The van der Waals surface area contributed by atoms with Crippen LogP contribution >= 0.6 is 12.4 Å². The van der Waals surface area contributed by atoms with Gasteiger partial charge in [-0.3, -0.25) is 0 Å². The first-order valence-electron chi connectivity index (χ1n) is 5.40. The quantitative estimate of drug-likeness (QED) is 0.509. The van der Waals surface area contributed by atoms with Crippen molar-refractivity contribution < 1.29 is 13.9 Å². The third kappa shape index (κ3) is 3.38. The zero-order chi connectivity index (χ0) is 13.1. The van der Waals surface area contributed by atoms with E-state index in [9.17, 15) is 4.79 Å². The minimum absolute atomic E-state index is 0. The Morgan fingerprint density at radius 3 is 2.74 bits per heavy atom. The number of carbonyl (C=O) groups is 1. The number of aliphatic imine (C=N–C) groups is 1. The smallest absolute Gasteiger partial charge is 0.374 e. The monoisotopic (exact) mass is 283 g/mol. The predicted octanol–water partition coefficient (Wildman–Crippen LogP) is 1.94. The van der Waals surface area contributed by atoms with E-state index in [0.717, 1.165) is 5.39 Å². The summed E-state index contributed by atoms with van der Waals surface area (Å²) in [4.78, 5) is 15.4. The summed E-state index contributed by atoms with van der Waals surface area (Å²) in [5, 5.41) is 0.737. The summed E-state index contributed by atoms with van der Waals surface area (Å²) in [5.74, 6) is -0.353. The summed E-state index contributed by atoms with van der Waals surface area (Å²) in [6.07, 6.45) is 0. The highest BCUT2D eigenvalue weighted by molar-refractivity contribution is 5.93. The van der Waals surface area contributed by atoms with Gasteiger partial charge < -0.3 is 20.6 Å². The Balaban J connectivity index is 0.00000180. The minimum atomic E-state index is -0.489. The molecule has 0 saturated heterocycles. The maximum absolute atomic E-state index is 11.5. The second kappa shape index (κ2) is 6.10. The van der Waals surface area contributed by atoms with Gasteiger partial charge in [0.25, 0.3) is 0 Å². The van der Waals surface area contributed by atoms with Gasteiger partial charge in [-0.05, 0) is 31.2 Å². The van der Waals surface area contributed by atoms with E-state index in [1.54, 1.807) is 31.2 Å². The fourth-order valence-electron chi connectivity index (χ4n) is 1.55. The number of carbonyl (C=O) groups excluding carboxylic acids is 1. The topological polar surface area (TPSA) is 104 Å². The molecule has 1 aromatic carbocycles. The molecule has 1 heterocycles. The molecule has 6 nitrogen and oxygen atoms in total.